The molecule has 0 unspecified atom stereocenters. The van der Waals surface area contributed by atoms with Gasteiger partial charge in [0, 0.05) is 23.7 Å². The molecule has 1 amide bonds. The Balaban J connectivity index is 1.70. The van der Waals surface area contributed by atoms with Gasteiger partial charge in [-0.15, -0.1) is 0 Å². The number of halogens is 1. The Hall–Kier alpha value is -3.54. The maximum Gasteiger partial charge on any atom is 0.251 e. The molecule has 0 aliphatic rings. The lowest BCUT2D eigenvalue weighted by Crippen LogP contribution is -2.23. The fourth-order valence-electron chi connectivity index (χ4n) is 2.87. The van der Waals surface area contributed by atoms with E-state index in [2.05, 4.69) is 5.32 Å². The molecular formula is C24H24FNO4. The van der Waals surface area contributed by atoms with Crippen LogP contribution in [0.1, 0.15) is 28.4 Å². The SMILES string of the molecule is CCOc1ccc(C(=O)NCc2ccc(F)cc2)cc1COc1cccc(OC)c1. The average molecular weight is 409 g/mol. The van der Waals surface area contributed by atoms with Crippen molar-refractivity contribution < 1.29 is 23.4 Å². The van der Waals surface area contributed by atoms with E-state index in [0.29, 0.717) is 36.0 Å². The number of hydrogen-bond donors (Lipinski definition) is 1. The first kappa shape index (κ1) is 21.2. The van der Waals surface area contributed by atoms with Crippen LogP contribution >= 0.6 is 0 Å². The summed E-state index contributed by atoms with van der Waals surface area (Å²) in [6, 6.07) is 18.6. The number of benzene rings is 3. The predicted molar refractivity (Wildman–Crippen MR) is 113 cm³/mol. The minimum absolute atomic E-state index is 0.231. The van der Waals surface area contributed by atoms with E-state index < -0.39 is 0 Å². The van der Waals surface area contributed by atoms with Gasteiger partial charge in [0.1, 0.15) is 29.7 Å². The van der Waals surface area contributed by atoms with E-state index in [9.17, 15) is 9.18 Å². The molecule has 0 bridgehead atoms. The molecule has 156 valence electrons. The Kier molecular flexibility index (Phi) is 7.27. The summed E-state index contributed by atoms with van der Waals surface area (Å²) < 4.78 is 29.8. The zero-order valence-corrected chi connectivity index (χ0v) is 17.0. The molecular weight excluding hydrogens is 385 g/mol. The molecule has 3 aromatic rings. The molecule has 3 rings (SSSR count). The minimum atomic E-state index is -0.308. The first-order chi connectivity index (χ1) is 14.6. The van der Waals surface area contributed by atoms with E-state index in [1.807, 2.05) is 25.1 Å². The quantitative estimate of drug-likeness (QED) is 0.555. The van der Waals surface area contributed by atoms with Crippen molar-refractivity contribution >= 4 is 5.91 Å². The van der Waals surface area contributed by atoms with Crippen LogP contribution in [-0.4, -0.2) is 19.6 Å². The second-order valence-corrected chi connectivity index (χ2v) is 6.53. The van der Waals surface area contributed by atoms with Crippen LogP contribution in [0.3, 0.4) is 0 Å². The summed E-state index contributed by atoms with van der Waals surface area (Å²) in [6.45, 7) is 2.95. The highest BCUT2D eigenvalue weighted by Crippen LogP contribution is 2.24. The minimum Gasteiger partial charge on any atom is -0.497 e. The van der Waals surface area contributed by atoms with Crippen LogP contribution in [0, 0.1) is 5.82 Å². The van der Waals surface area contributed by atoms with Gasteiger partial charge in [-0.25, -0.2) is 4.39 Å². The highest BCUT2D eigenvalue weighted by Gasteiger charge is 2.12. The lowest BCUT2D eigenvalue weighted by Gasteiger charge is -2.14. The molecule has 0 spiro atoms. The summed E-state index contributed by atoms with van der Waals surface area (Å²) in [5, 5.41) is 2.84. The Bertz CT molecular complexity index is 989. The van der Waals surface area contributed by atoms with Gasteiger partial charge in [0.25, 0.3) is 5.91 Å². The number of ether oxygens (including phenoxy) is 3. The molecule has 0 aliphatic heterocycles. The van der Waals surface area contributed by atoms with E-state index in [4.69, 9.17) is 14.2 Å². The molecule has 1 N–H and O–H groups in total. The third kappa shape index (κ3) is 5.73. The second-order valence-electron chi connectivity index (χ2n) is 6.53. The number of methoxy groups -OCH3 is 1. The summed E-state index contributed by atoms with van der Waals surface area (Å²) in [5.41, 5.74) is 2.07. The maximum absolute atomic E-state index is 13.0. The highest BCUT2D eigenvalue weighted by atomic mass is 19.1. The maximum atomic E-state index is 13.0. The van der Waals surface area contributed by atoms with E-state index in [1.54, 1.807) is 43.5 Å². The molecule has 3 aromatic carbocycles. The van der Waals surface area contributed by atoms with Gasteiger partial charge in [-0.1, -0.05) is 18.2 Å². The van der Waals surface area contributed by atoms with Gasteiger partial charge in [-0.2, -0.15) is 0 Å². The highest BCUT2D eigenvalue weighted by molar-refractivity contribution is 5.94. The van der Waals surface area contributed by atoms with Crippen molar-refractivity contribution in [2.24, 2.45) is 0 Å². The Morgan fingerprint density at radius 2 is 1.73 bits per heavy atom. The number of hydrogen-bond acceptors (Lipinski definition) is 4. The molecule has 0 heterocycles. The van der Waals surface area contributed by atoms with Crippen molar-refractivity contribution in [1.82, 2.24) is 5.32 Å². The van der Waals surface area contributed by atoms with Crippen LogP contribution in [-0.2, 0) is 13.2 Å². The Morgan fingerprint density at radius 1 is 0.967 bits per heavy atom. The van der Waals surface area contributed by atoms with Crippen LogP contribution in [0.15, 0.2) is 66.7 Å². The lowest BCUT2D eigenvalue weighted by molar-refractivity contribution is 0.0950. The first-order valence-corrected chi connectivity index (χ1v) is 9.64. The van der Waals surface area contributed by atoms with Crippen molar-refractivity contribution in [2.75, 3.05) is 13.7 Å². The Labute approximate surface area is 175 Å². The van der Waals surface area contributed by atoms with Gasteiger partial charge < -0.3 is 19.5 Å². The number of carbonyl (C=O) groups excluding carboxylic acids is 1. The fourth-order valence-corrected chi connectivity index (χ4v) is 2.87. The summed E-state index contributed by atoms with van der Waals surface area (Å²) >= 11 is 0. The van der Waals surface area contributed by atoms with Crippen molar-refractivity contribution in [2.45, 2.75) is 20.1 Å². The van der Waals surface area contributed by atoms with E-state index >= 15 is 0 Å². The van der Waals surface area contributed by atoms with Crippen LogP contribution < -0.4 is 19.5 Å². The lowest BCUT2D eigenvalue weighted by atomic mass is 10.1. The van der Waals surface area contributed by atoms with Gasteiger partial charge in [0.05, 0.1) is 13.7 Å². The molecule has 0 atom stereocenters. The number of nitrogens with one attached hydrogen (secondary N) is 1. The van der Waals surface area contributed by atoms with Crippen LogP contribution in [0.2, 0.25) is 0 Å². The summed E-state index contributed by atoms with van der Waals surface area (Å²) in [4.78, 5) is 12.6. The van der Waals surface area contributed by atoms with Gasteiger partial charge in [0.2, 0.25) is 0 Å². The van der Waals surface area contributed by atoms with Crippen molar-refractivity contribution in [3.63, 3.8) is 0 Å². The predicted octanol–water partition coefficient (Wildman–Crippen LogP) is 4.74. The molecule has 6 heteroatoms. The Morgan fingerprint density at radius 3 is 2.47 bits per heavy atom. The average Bonchev–Trinajstić information content (AvgIpc) is 2.78. The third-order valence-electron chi connectivity index (χ3n) is 4.42. The van der Waals surface area contributed by atoms with E-state index in [0.717, 1.165) is 11.1 Å². The van der Waals surface area contributed by atoms with Crippen LogP contribution in [0.5, 0.6) is 17.2 Å². The van der Waals surface area contributed by atoms with Crippen molar-refractivity contribution in [1.29, 1.82) is 0 Å². The van der Waals surface area contributed by atoms with Crippen LogP contribution in [0.25, 0.3) is 0 Å². The zero-order chi connectivity index (χ0) is 21.3. The summed E-state index contributed by atoms with van der Waals surface area (Å²) in [7, 11) is 1.60. The first-order valence-electron chi connectivity index (χ1n) is 9.64. The van der Waals surface area contributed by atoms with Crippen molar-refractivity contribution in [3.05, 3.63) is 89.2 Å². The second kappa shape index (κ2) is 10.3. The molecule has 0 aromatic heterocycles. The molecule has 0 saturated heterocycles. The summed E-state index contributed by atoms with van der Waals surface area (Å²) in [5.74, 6) is 1.48. The molecule has 0 fully saturated rings. The van der Waals surface area contributed by atoms with Gasteiger partial charge >= 0.3 is 0 Å². The number of carbonyl (C=O) groups is 1. The smallest absolute Gasteiger partial charge is 0.251 e. The zero-order valence-electron chi connectivity index (χ0n) is 17.0. The molecule has 0 radical (unpaired) electrons. The number of rotatable bonds is 9. The fraction of sp³-hybridized carbons (Fsp3) is 0.208. The molecule has 0 saturated carbocycles. The van der Waals surface area contributed by atoms with E-state index in [-0.39, 0.29) is 18.3 Å². The van der Waals surface area contributed by atoms with Gasteiger partial charge in [-0.3, -0.25) is 4.79 Å². The summed E-state index contributed by atoms with van der Waals surface area (Å²) in [6.07, 6.45) is 0. The normalized spacial score (nSPS) is 10.4. The molecule has 0 aliphatic carbocycles. The van der Waals surface area contributed by atoms with Gasteiger partial charge in [0.15, 0.2) is 0 Å². The van der Waals surface area contributed by atoms with Crippen LogP contribution in [0.4, 0.5) is 4.39 Å². The molecule has 30 heavy (non-hydrogen) atoms. The van der Waals surface area contributed by atoms with Gasteiger partial charge in [-0.05, 0) is 55.0 Å². The monoisotopic (exact) mass is 409 g/mol. The standard InChI is InChI=1S/C24H24FNO4/c1-3-29-23-12-9-18(24(27)26-15-17-7-10-20(25)11-8-17)13-19(23)16-30-22-6-4-5-21(14-22)28-2/h4-14H,3,15-16H2,1-2H3,(H,26,27). The number of amides is 1. The topological polar surface area (TPSA) is 56.8 Å². The largest absolute Gasteiger partial charge is 0.497 e. The van der Waals surface area contributed by atoms with Crippen molar-refractivity contribution in [3.8, 4) is 17.2 Å². The third-order valence-corrected chi connectivity index (χ3v) is 4.42. The molecule has 5 nitrogen and oxygen atoms in total. The van der Waals surface area contributed by atoms with E-state index in [1.165, 1.54) is 12.1 Å².